The Bertz CT molecular complexity index is 1640. The van der Waals surface area contributed by atoms with E-state index in [-0.39, 0.29) is 11.5 Å². The van der Waals surface area contributed by atoms with E-state index >= 15 is 0 Å². The van der Waals surface area contributed by atoms with Gasteiger partial charge in [-0.3, -0.25) is 0 Å². The first-order valence-electron chi connectivity index (χ1n) is 14.5. The number of ether oxygens (including phenoxy) is 1. The van der Waals surface area contributed by atoms with E-state index in [2.05, 4.69) is 153 Å². The standard InChI is InChI=1S/C39H37NO/c1-28(40-2)26-39(27-41-3)34-25-24-33(29-16-8-4-9-17-29)35(30-18-10-5-11-19-30)37(34)36(31-20-12-6-13-21-31)38(39)32-22-14-7-15-23-32/h4-25,28,40H,26-27H2,1-3H3. The number of fused-ring (bicyclic) bond motifs is 1. The number of rotatable bonds is 9. The van der Waals surface area contributed by atoms with Crippen LogP contribution in [0.1, 0.15) is 35.6 Å². The van der Waals surface area contributed by atoms with E-state index in [0.29, 0.717) is 6.61 Å². The Labute approximate surface area is 244 Å². The Morgan fingerprint density at radius 1 is 0.610 bits per heavy atom. The molecule has 2 unspecified atom stereocenters. The van der Waals surface area contributed by atoms with Gasteiger partial charge in [0.05, 0.1) is 6.61 Å². The van der Waals surface area contributed by atoms with Crippen LogP contribution in [0.15, 0.2) is 133 Å². The highest BCUT2D eigenvalue weighted by atomic mass is 16.5. The van der Waals surface area contributed by atoms with Crippen LogP contribution in [0.4, 0.5) is 0 Å². The predicted octanol–water partition coefficient (Wildman–Crippen LogP) is 8.88. The SMILES string of the molecule is CNC(C)CC1(COC)C(c2ccccc2)=C(c2ccccc2)c2c1ccc(-c1ccccc1)c2-c1ccccc1. The maximum Gasteiger partial charge on any atom is 0.0601 e. The van der Waals surface area contributed by atoms with Crippen molar-refractivity contribution in [2.24, 2.45) is 0 Å². The van der Waals surface area contributed by atoms with Gasteiger partial charge in [-0.1, -0.05) is 133 Å². The molecule has 0 saturated heterocycles. The van der Waals surface area contributed by atoms with Crippen molar-refractivity contribution in [3.63, 3.8) is 0 Å². The molecule has 0 spiro atoms. The van der Waals surface area contributed by atoms with E-state index < -0.39 is 0 Å². The highest BCUT2D eigenvalue weighted by Gasteiger charge is 2.48. The van der Waals surface area contributed by atoms with Crippen molar-refractivity contribution in [2.45, 2.75) is 24.8 Å². The zero-order valence-electron chi connectivity index (χ0n) is 24.1. The van der Waals surface area contributed by atoms with Crippen LogP contribution in [-0.4, -0.2) is 26.8 Å². The Hall–Kier alpha value is -4.24. The molecule has 6 rings (SSSR count). The molecule has 2 atom stereocenters. The molecule has 5 aromatic rings. The second-order valence-electron chi connectivity index (χ2n) is 11.0. The lowest BCUT2D eigenvalue weighted by Crippen LogP contribution is -2.38. The number of nitrogens with one attached hydrogen (secondary N) is 1. The van der Waals surface area contributed by atoms with Gasteiger partial charge in [-0.2, -0.15) is 0 Å². The van der Waals surface area contributed by atoms with E-state index in [4.69, 9.17) is 4.74 Å². The molecule has 0 heterocycles. The molecule has 204 valence electrons. The number of benzene rings is 5. The Morgan fingerprint density at radius 2 is 1.12 bits per heavy atom. The largest absolute Gasteiger partial charge is 0.383 e. The molecule has 2 nitrogen and oxygen atoms in total. The summed E-state index contributed by atoms with van der Waals surface area (Å²) in [4.78, 5) is 0. The molecule has 0 saturated carbocycles. The van der Waals surface area contributed by atoms with E-state index in [9.17, 15) is 0 Å². The first kappa shape index (κ1) is 27.0. The molecule has 1 N–H and O–H groups in total. The van der Waals surface area contributed by atoms with Crippen LogP contribution in [0.3, 0.4) is 0 Å². The van der Waals surface area contributed by atoms with Crippen molar-refractivity contribution < 1.29 is 4.74 Å². The molecule has 0 aromatic heterocycles. The average Bonchev–Trinajstić information content (AvgIpc) is 3.32. The summed E-state index contributed by atoms with van der Waals surface area (Å²) >= 11 is 0. The highest BCUT2D eigenvalue weighted by molar-refractivity contribution is 6.12. The van der Waals surface area contributed by atoms with Gasteiger partial charge >= 0.3 is 0 Å². The van der Waals surface area contributed by atoms with Gasteiger partial charge in [0, 0.05) is 18.6 Å². The summed E-state index contributed by atoms with van der Waals surface area (Å²) in [5.41, 5.74) is 12.3. The van der Waals surface area contributed by atoms with E-state index in [1.165, 1.54) is 55.7 Å². The molecular weight excluding hydrogens is 498 g/mol. The second-order valence-corrected chi connectivity index (χ2v) is 11.0. The van der Waals surface area contributed by atoms with Crippen molar-refractivity contribution >= 4 is 11.1 Å². The van der Waals surface area contributed by atoms with E-state index in [0.717, 1.165) is 6.42 Å². The lowest BCUT2D eigenvalue weighted by atomic mass is 9.70. The van der Waals surface area contributed by atoms with Gasteiger partial charge in [-0.25, -0.2) is 0 Å². The highest BCUT2D eigenvalue weighted by Crippen LogP contribution is 2.59. The minimum absolute atomic E-state index is 0.279. The van der Waals surface area contributed by atoms with Crippen LogP contribution < -0.4 is 5.32 Å². The molecule has 1 aliphatic carbocycles. The maximum absolute atomic E-state index is 6.17. The summed E-state index contributed by atoms with van der Waals surface area (Å²) in [7, 11) is 3.89. The van der Waals surface area contributed by atoms with Crippen molar-refractivity contribution in [1.29, 1.82) is 0 Å². The van der Waals surface area contributed by atoms with Crippen molar-refractivity contribution in [2.75, 3.05) is 20.8 Å². The Morgan fingerprint density at radius 3 is 1.66 bits per heavy atom. The zero-order chi connectivity index (χ0) is 28.2. The normalized spacial score (nSPS) is 17.0. The summed E-state index contributed by atoms with van der Waals surface area (Å²) in [6.07, 6.45) is 0.907. The third-order valence-electron chi connectivity index (χ3n) is 8.51. The summed E-state index contributed by atoms with van der Waals surface area (Å²) < 4.78 is 6.17. The Kier molecular flexibility index (Phi) is 7.69. The smallest absolute Gasteiger partial charge is 0.0601 e. The molecule has 0 radical (unpaired) electrons. The summed E-state index contributed by atoms with van der Waals surface area (Å²) in [6, 6.07) is 48.5. The summed E-state index contributed by atoms with van der Waals surface area (Å²) in [5.74, 6) is 0. The number of methoxy groups -OCH3 is 1. The van der Waals surface area contributed by atoms with Gasteiger partial charge < -0.3 is 10.1 Å². The predicted molar refractivity (Wildman–Crippen MR) is 173 cm³/mol. The fourth-order valence-electron chi connectivity index (χ4n) is 6.73. The fourth-order valence-corrected chi connectivity index (χ4v) is 6.73. The molecule has 1 aliphatic rings. The second kappa shape index (κ2) is 11.7. The molecule has 0 aliphatic heterocycles. The van der Waals surface area contributed by atoms with Crippen molar-refractivity contribution in [1.82, 2.24) is 5.32 Å². The van der Waals surface area contributed by atoms with Gasteiger partial charge in [0.15, 0.2) is 0 Å². The van der Waals surface area contributed by atoms with Crippen LogP contribution in [0.2, 0.25) is 0 Å². The molecule has 41 heavy (non-hydrogen) atoms. The van der Waals surface area contributed by atoms with E-state index in [1.807, 2.05) is 7.11 Å². The molecule has 0 fully saturated rings. The zero-order valence-corrected chi connectivity index (χ0v) is 24.1. The minimum atomic E-state index is -0.349. The maximum atomic E-state index is 6.17. The van der Waals surface area contributed by atoms with Crippen LogP contribution in [0.5, 0.6) is 0 Å². The summed E-state index contributed by atoms with van der Waals surface area (Å²) in [6.45, 7) is 2.86. The van der Waals surface area contributed by atoms with Gasteiger partial charge in [-0.15, -0.1) is 0 Å². The Balaban J connectivity index is 1.82. The summed E-state index contributed by atoms with van der Waals surface area (Å²) in [5, 5.41) is 3.54. The molecule has 5 aromatic carbocycles. The first-order chi connectivity index (χ1) is 20.2. The topological polar surface area (TPSA) is 21.3 Å². The van der Waals surface area contributed by atoms with Crippen LogP contribution in [-0.2, 0) is 10.2 Å². The lowest BCUT2D eigenvalue weighted by Gasteiger charge is -2.36. The minimum Gasteiger partial charge on any atom is -0.383 e. The fraction of sp³-hybridized carbons (Fsp3) is 0.179. The van der Waals surface area contributed by atoms with Gasteiger partial charge in [0.25, 0.3) is 0 Å². The first-order valence-corrected chi connectivity index (χ1v) is 14.5. The van der Waals surface area contributed by atoms with Crippen LogP contribution >= 0.6 is 0 Å². The van der Waals surface area contributed by atoms with Crippen LogP contribution in [0.25, 0.3) is 33.4 Å². The number of hydrogen-bond acceptors (Lipinski definition) is 2. The molecular formula is C39H37NO. The average molecular weight is 536 g/mol. The van der Waals surface area contributed by atoms with Crippen molar-refractivity contribution in [3.8, 4) is 22.3 Å². The molecule has 0 amide bonds. The van der Waals surface area contributed by atoms with Gasteiger partial charge in [0.1, 0.15) is 0 Å². The third kappa shape index (κ3) is 4.84. The van der Waals surface area contributed by atoms with Gasteiger partial charge in [0.2, 0.25) is 0 Å². The van der Waals surface area contributed by atoms with Crippen LogP contribution in [0, 0.1) is 0 Å². The van der Waals surface area contributed by atoms with E-state index in [1.54, 1.807) is 0 Å². The molecule has 2 heteroatoms. The van der Waals surface area contributed by atoms with Gasteiger partial charge in [-0.05, 0) is 76.0 Å². The molecule has 0 bridgehead atoms. The monoisotopic (exact) mass is 535 g/mol. The number of hydrogen-bond donors (Lipinski definition) is 1. The quantitative estimate of drug-likeness (QED) is 0.203. The third-order valence-corrected chi connectivity index (χ3v) is 8.51. The van der Waals surface area contributed by atoms with Crippen molar-refractivity contribution in [3.05, 3.63) is 156 Å². The lowest BCUT2D eigenvalue weighted by molar-refractivity contribution is 0.147.